The lowest BCUT2D eigenvalue weighted by Crippen LogP contribution is -1.88. The van der Waals surface area contributed by atoms with E-state index in [0.29, 0.717) is 0 Å². The van der Waals surface area contributed by atoms with Crippen LogP contribution in [0.25, 0.3) is 15.5 Å². The van der Waals surface area contributed by atoms with Crippen LogP contribution in [0.4, 0.5) is 0 Å². The van der Waals surface area contributed by atoms with Crippen molar-refractivity contribution in [1.29, 1.82) is 0 Å². The molecule has 0 N–H and O–H groups in total. The molecule has 0 fully saturated rings. The largest absolute Gasteiger partial charge is 0.497 e. The van der Waals surface area contributed by atoms with Crippen LogP contribution in [-0.4, -0.2) is 26.9 Å². The predicted molar refractivity (Wildman–Crippen MR) is 65.4 cm³/mol. The summed E-state index contributed by atoms with van der Waals surface area (Å²) in [6, 6.07) is 7.81. The molecule has 17 heavy (non-hydrogen) atoms. The number of rotatable bonds is 2. The zero-order chi connectivity index (χ0) is 11.8. The van der Waals surface area contributed by atoms with Crippen molar-refractivity contribution < 1.29 is 4.74 Å². The highest BCUT2D eigenvalue weighted by Crippen LogP contribution is 2.26. The van der Waals surface area contributed by atoms with E-state index in [0.717, 1.165) is 27.1 Å². The highest BCUT2D eigenvalue weighted by atomic mass is 32.1. The Bertz CT molecular complexity index is 656. The van der Waals surface area contributed by atoms with Crippen molar-refractivity contribution in [3.8, 4) is 16.3 Å². The molecule has 0 saturated carbocycles. The Morgan fingerprint density at radius 1 is 1.18 bits per heavy atom. The highest BCUT2D eigenvalue weighted by Gasteiger charge is 2.10. The Balaban J connectivity index is 2.07. The Labute approximate surface area is 102 Å². The minimum atomic E-state index is 0.802. The maximum Gasteiger partial charge on any atom is 0.234 e. The number of fused-ring (bicyclic) bond motifs is 1. The Hall–Kier alpha value is -1.95. The second-order valence-electron chi connectivity index (χ2n) is 3.58. The average Bonchev–Trinajstić information content (AvgIpc) is 2.92. The van der Waals surface area contributed by atoms with Crippen LogP contribution in [0.5, 0.6) is 5.75 Å². The summed E-state index contributed by atoms with van der Waals surface area (Å²) in [6.07, 6.45) is 0. The van der Waals surface area contributed by atoms with Crippen LogP contribution in [0, 0.1) is 6.92 Å². The van der Waals surface area contributed by atoms with Crippen LogP contribution in [0.2, 0.25) is 0 Å². The first-order chi connectivity index (χ1) is 8.28. The Kier molecular flexibility index (Phi) is 2.29. The summed E-state index contributed by atoms with van der Waals surface area (Å²) < 4.78 is 6.88. The predicted octanol–water partition coefficient (Wildman–Crippen LogP) is 2.17. The zero-order valence-electron chi connectivity index (χ0n) is 9.41. The summed E-state index contributed by atoms with van der Waals surface area (Å²) in [6.45, 7) is 1.89. The lowest BCUT2D eigenvalue weighted by Gasteiger charge is -1.99. The van der Waals surface area contributed by atoms with E-state index in [2.05, 4.69) is 15.3 Å². The molecule has 3 rings (SSSR count). The molecular formula is C11H10N4OS. The van der Waals surface area contributed by atoms with Crippen molar-refractivity contribution in [2.45, 2.75) is 6.92 Å². The molecule has 0 atom stereocenters. The third-order valence-electron chi connectivity index (χ3n) is 2.48. The van der Waals surface area contributed by atoms with Gasteiger partial charge in [0.15, 0.2) is 5.82 Å². The van der Waals surface area contributed by atoms with Gasteiger partial charge in [0.25, 0.3) is 0 Å². The summed E-state index contributed by atoms with van der Waals surface area (Å²) >= 11 is 1.52. The highest BCUT2D eigenvalue weighted by molar-refractivity contribution is 7.19. The van der Waals surface area contributed by atoms with E-state index < -0.39 is 0 Å². The van der Waals surface area contributed by atoms with Crippen molar-refractivity contribution in [3.05, 3.63) is 30.1 Å². The van der Waals surface area contributed by atoms with Crippen LogP contribution in [0.1, 0.15) is 5.82 Å². The van der Waals surface area contributed by atoms with Gasteiger partial charge < -0.3 is 4.74 Å². The minimum absolute atomic E-state index is 0.802. The van der Waals surface area contributed by atoms with E-state index in [-0.39, 0.29) is 0 Å². The van der Waals surface area contributed by atoms with Crippen LogP contribution in [-0.2, 0) is 0 Å². The number of hydrogen-bond acceptors (Lipinski definition) is 5. The van der Waals surface area contributed by atoms with Crippen LogP contribution >= 0.6 is 11.3 Å². The smallest absolute Gasteiger partial charge is 0.234 e. The van der Waals surface area contributed by atoms with E-state index in [1.165, 1.54) is 11.3 Å². The van der Waals surface area contributed by atoms with Gasteiger partial charge in [-0.2, -0.15) is 9.61 Å². The molecule has 2 aromatic heterocycles. The number of hydrogen-bond donors (Lipinski definition) is 0. The fourth-order valence-electron chi connectivity index (χ4n) is 1.57. The lowest BCUT2D eigenvalue weighted by atomic mass is 10.2. The van der Waals surface area contributed by atoms with E-state index in [9.17, 15) is 0 Å². The van der Waals surface area contributed by atoms with Crippen molar-refractivity contribution in [2.24, 2.45) is 0 Å². The molecule has 6 heteroatoms. The quantitative estimate of drug-likeness (QED) is 0.695. The molecule has 3 aromatic rings. The molecule has 0 aliphatic carbocycles. The number of aromatic nitrogens is 4. The first kappa shape index (κ1) is 10.2. The van der Waals surface area contributed by atoms with Gasteiger partial charge >= 0.3 is 0 Å². The van der Waals surface area contributed by atoms with Gasteiger partial charge in [-0.25, -0.2) is 0 Å². The first-order valence-electron chi connectivity index (χ1n) is 5.11. The normalized spacial score (nSPS) is 10.9. The first-order valence-corrected chi connectivity index (χ1v) is 5.93. The van der Waals surface area contributed by atoms with Crippen molar-refractivity contribution in [2.75, 3.05) is 7.11 Å². The van der Waals surface area contributed by atoms with Gasteiger partial charge in [0.05, 0.1) is 7.11 Å². The molecule has 0 aliphatic rings. The molecule has 5 nitrogen and oxygen atoms in total. The van der Waals surface area contributed by atoms with Gasteiger partial charge in [-0.1, -0.05) is 11.3 Å². The van der Waals surface area contributed by atoms with E-state index in [1.807, 2.05) is 31.2 Å². The zero-order valence-corrected chi connectivity index (χ0v) is 10.2. The molecule has 0 aliphatic heterocycles. The second kappa shape index (κ2) is 3.81. The molecule has 0 spiro atoms. The molecule has 0 saturated heterocycles. The van der Waals surface area contributed by atoms with Gasteiger partial charge in [0.2, 0.25) is 4.96 Å². The topological polar surface area (TPSA) is 52.3 Å². The summed E-state index contributed by atoms with van der Waals surface area (Å²) in [7, 11) is 1.65. The molecule has 1 aromatic carbocycles. The fraction of sp³-hybridized carbons (Fsp3) is 0.182. The van der Waals surface area contributed by atoms with Crippen LogP contribution in [0.15, 0.2) is 24.3 Å². The summed E-state index contributed by atoms with van der Waals surface area (Å²) in [5.74, 6) is 1.64. The van der Waals surface area contributed by atoms with Crippen LogP contribution in [0.3, 0.4) is 0 Å². The van der Waals surface area contributed by atoms with Crippen molar-refractivity contribution in [1.82, 2.24) is 19.8 Å². The molecule has 0 radical (unpaired) electrons. The fourth-order valence-corrected chi connectivity index (χ4v) is 2.46. The van der Waals surface area contributed by atoms with Gasteiger partial charge in [-0.05, 0) is 31.2 Å². The van der Waals surface area contributed by atoms with Crippen LogP contribution < -0.4 is 4.74 Å². The number of benzene rings is 1. The van der Waals surface area contributed by atoms with Crippen molar-refractivity contribution >= 4 is 16.3 Å². The molecule has 0 amide bonds. The van der Waals surface area contributed by atoms with E-state index >= 15 is 0 Å². The summed E-state index contributed by atoms with van der Waals surface area (Å²) in [5, 5.41) is 13.4. The second-order valence-corrected chi connectivity index (χ2v) is 4.53. The van der Waals surface area contributed by atoms with E-state index in [1.54, 1.807) is 11.6 Å². The third kappa shape index (κ3) is 1.66. The monoisotopic (exact) mass is 246 g/mol. The van der Waals surface area contributed by atoms with Gasteiger partial charge in [0.1, 0.15) is 10.8 Å². The van der Waals surface area contributed by atoms with Gasteiger partial charge in [0, 0.05) is 5.56 Å². The Morgan fingerprint density at radius 3 is 2.59 bits per heavy atom. The lowest BCUT2D eigenvalue weighted by molar-refractivity contribution is 0.415. The number of aryl methyl sites for hydroxylation is 1. The van der Waals surface area contributed by atoms with Gasteiger partial charge in [-0.3, -0.25) is 0 Å². The summed E-state index contributed by atoms with van der Waals surface area (Å²) in [4.78, 5) is 0.813. The summed E-state index contributed by atoms with van der Waals surface area (Å²) in [5.41, 5.74) is 1.06. The number of methoxy groups -OCH3 is 1. The maximum atomic E-state index is 5.12. The molecule has 2 heterocycles. The average molecular weight is 246 g/mol. The molecule has 0 unspecified atom stereocenters. The SMILES string of the molecule is COc1ccc(-c2nn3c(C)nnc3s2)cc1. The standard InChI is InChI=1S/C11H10N4OS/c1-7-12-13-11-15(7)14-10(17-11)8-3-5-9(16-2)6-4-8/h3-6H,1-2H3. The minimum Gasteiger partial charge on any atom is -0.497 e. The van der Waals surface area contributed by atoms with Crippen molar-refractivity contribution in [3.63, 3.8) is 0 Å². The Morgan fingerprint density at radius 2 is 1.94 bits per heavy atom. The van der Waals surface area contributed by atoms with E-state index in [4.69, 9.17) is 4.74 Å². The maximum absolute atomic E-state index is 5.12. The third-order valence-corrected chi connectivity index (χ3v) is 3.43. The molecule has 0 bridgehead atoms. The molecular weight excluding hydrogens is 236 g/mol. The molecule has 86 valence electrons. The van der Waals surface area contributed by atoms with Gasteiger partial charge in [-0.15, -0.1) is 10.2 Å². The number of ether oxygens (including phenoxy) is 1. The number of nitrogens with zero attached hydrogens (tertiary/aromatic N) is 4.